The van der Waals surface area contributed by atoms with Crippen LogP contribution in [0.1, 0.15) is 24.3 Å². The average Bonchev–Trinajstić information content (AvgIpc) is 3.07. The van der Waals surface area contributed by atoms with Crippen molar-refractivity contribution < 1.29 is 9.21 Å². The van der Waals surface area contributed by atoms with Gasteiger partial charge in [-0.15, -0.1) is 0 Å². The maximum atomic E-state index is 12.5. The molecule has 1 N–H and O–H groups in total. The smallest absolute Gasteiger partial charge is 0.262 e. The van der Waals surface area contributed by atoms with Gasteiger partial charge < -0.3 is 9.73 Å². The lowest BCUT2D eigenvalue weighted by molar-refractivity contribution is -0.117. The van der Waals surface area contributed by atoms with Gasteiger partial charge in [-0.2, -0.15) is 5.26 Å². The van der Waals surface area contributed by atoms with Crippen LogP contribution < -0.4 is 5.32 Å². The molecule has 0 saturated heterocycles. The van der Waals surface area contributed by atoms with E-state index in [-0.39, 0.29) is 11.6 Å². The van der Waals surface area contributed by atoms with Crippen molar-refractivity contribution in [3.63, 3.8) is 0 Å². The lowest BCUT2D eigenvalue weighted by atomic mass is 10.1. The summed E-state index contributed by atoms with van der Waals surface area (Å²) in [6.07, 6.45) is 1.43. The van der Waals surface area contributed by atoms with E-state index in [0.29, 0.717) is 15.9 Å². The molecule has 1 heterocycles. The Balaban J connectivity index is 1.74. The number of nitrogens with zero attached hydrogens (tertiary/aromatic N) is 1. The molecule has 0 radical (unpaired) electrons. The summed E-state index contributed by atoms with van der Waals surface area (Å²) >= 11 is 10.8. The molecule has 0 aliphatic carbocycles. The second-order valence-corrected chi connectivity index (χ2v) is 8.45. The van der Waals surface area contributed by atoms with Crippen LogP contribution in [0.4, 0.5) is 0 Å². The summed E-state index contributed by atoms with van der Waals surface area (Å²) in [5, 5.41) is 13.5. The predicted molar refractivity (Wildman–Crippen MR) is 119 cm³/mol. The molecule has 0 saturated carbocycles. The fraction of sp³-hybridized carbons (Fsp3) is 0.0909. The minimum absolute atomic E-state index is 0.0305. The zero-order valence-electron chi connectivity index (χ0n) is 15.4. The summed E-state index contributed by atoms with van der Waals surface area (Å²) in [7, 11) is 0. The first-order valence-electron chi connectivity index (χ1n) is 8.66. The van der Waals surface area contributed by atoms with Gasteiger partial charge in [-0.3, -0.25) is 4.79 Å². The first-order valence-corrected chi connectivity index (χ1v) is 10.7. The number of nitriles is 1. The molecule has 4 nitrogen and oxygen atoms in total. The molecule has 0 aliphatic heterocycles. The third kappa shape index (κ3) is 5.77. The van der Waals surface area contributed by atoms with Crippen LogP contribution in [0.2, 0.25) is 5.02 Å². The Labute approximate surface area is 186 Å². The van der Waals surface area contributed by atoms with Gasteiger partial charge >= 0.3 is 0 Å². The predicted octanol–water partition coefficient (Wildman–Crippen LogP) is 6.63. The van der Waals surface area contributed by atoms with Gasteiger partial charge in [-0.25, -0.2) is 0 Å². The van der Waals surface area contributed by atoms with Gasteiger partial charge in [0.25, 0.3) is 5.91 Å². The summed E-state index contributed by atoms with van der Waals surface area (Å²) in [4.78, 5) is 13.5. The van der Waals surface area contributed by atoms with Crippen molar-refractivity contribution in [2.24, 2.45) is 0 Å². The second kappa shape index (κ2) is 9.84. The van der Waals surface area contributed by atoms with Crippen LogP contribution in [0.3, 0.4) is 0 Å². The summed E-state index contributed by atoms with van der Waals surface area (Å²) in [6, 6.07) is 20.4. The van der Waals surface area contributed by atoms with Gasteiger partial charge in [0.05, 0.1) is 10.5 Å². The maximum Gasteiger partial charge on any atom is 0.262 e. The van der Waals surface area contributed by atoms with Gasteiger partial charge in [0, 0.05) is 16.0 Å². The van der Waals surface area contributed by atoms with E-state index < -0.39 is 5.91 Å². The molecule has 146 valence electrons. The molecule has 0 aliphatic rings. The van der Waals surface area contributed by atoms with E-state index in [4.69, 9.17) is 16.0 Å². The Morgan fingerprint density at radius 3 is 2.59 bits per heavy atom. The van der Waals surface area contributed by atoms with Crippen LogP contribution >= 0.6 is 39.3 Å². The summed E-state index contributed by atoms with van der Waals surface area (Å²) in [6.45, 7) is 1.87. The Bertz CT molecular complexity index is 1070. The van der Waals surface area contributed by atoms with Crippen molar-refractivity contribution >= 4 is 51.3 Å². The van der Waals surface area contributed by atoms with Crippen molar-refractivity contribution in [3.05, 3.63) is 87.1 Å². The molecule has 0 fully saturated rings. The van der Waals surface area contributed by atoms with Crippen LogP contribution in [0, 0.1) is 11.3 Å². The van der Waals surface area contributed by atoms with Crippen molar-refractivity contribution in [1.82, 2.24) is 5.32 Å². The molecule has 3 aromatic rings. The number of carbonyl (C=O) groups is 1. The molecule has 1 aromatic heterocycles. The van der Waals surface area contributed by atoms with E-state index >= 15 is 0 Å². The number of furan rings is 1. The van der Waals surface area contributed by atoms with Crippen molar-refractivity contribution in [3.8, 4) is 6.07 Å². The van der Waals surface area contributed by atoms with E-state index in [0.717, 1.165) is 14.9 Å². The summed E-state index contributed by atoms with van der Waals surface area (Å²) < 4.78 is 6.53. The molecule has 29 heavy (non-hydrogen) atoms. The maximum absolute atomic E-state index is 12.5. The van der Waals surface area contributed by atoms with Crippen LogP contribution in [0.25, 0.3) is 6.08 Å². The number of halogens is 2. The number of amides is 1. The quantitative estimate of drug-likeness (QED) is 0.313. The van der Waals surface area contributed by atoms with Crippen LogP contribution in [0.5, 0.6) is 0 Å². The fourth-order valence-electron chi connectivity index (χ4n) is 2.51. The number of nitrogens with one attached hydrogen (secondary N) is 1. The van der Waals surface area contributed by atoms with Gasteiger partial charge in [-0.1, -0.05) is 53.7 Å². The molecule has 7 heteroatoms. The summed E-state index contributed by atoms with van der Waals surface area (Å²) in [5.41, 5.74) is 0.928. The Morgan fingerprint density at radius 2 is 1.93 bits per heavy atom. The van der Waals surface area contributed by atoms with Crippen molar-refractivity contribution in [1.29, 1.82) is 5.26 Å². The van der Waals surface area contributed by atoms with E-state index in [1.807, 2.05) is 55.5 Å². The van der Waals surface area contributed by atoms with E-state index in [2.05, 4.69) is 21.2 Å². The number of hydrogen-bond acceptors (Lipinski definition) is 4. The Kier molecular flexibility index (Phi) is 7.21. The highest BCUT2D eigenvalue weighted by atomic mass is 79.9. The van der Waals surface area contributed by atoms with Gasteiger partial charge in [0.1, 0.15) is 17.4 Å². The molecular weight excluding hydrogens is 472 g/mol. The third-order valence-electron chi connectivity index (χ3n) is 4.00. The van der Waals surface area contributed by atoms with Crippen LogP contribution in [-0.4, -0.2) is 5.91 Å². The minimum Gasteiger partial charge on any atom is -0.449 e. The van der Waals surface area contributed by atoms with Gasteiger partial charge in [-0.05, 0) is 58.7 Å². The summed E-state index contributed by atoms with van der Waals surface area (Å²) in [5.74, 6) is -0.0457. The Hall–Kier alpha value is -2.46. The van der Waals surface area contributed by atoms with E-state index in [1.165, 1.54) is 17.8 Å². The largest absolute Gasteiger partial charge is 0.449 e. The Morgan fingerprint density at radius 1 is 1.24 bits per heavy atom. The molecular formula is C22H16BrClN2O2S. The van der Waals surface area contributed by atoms with Gasteiger partial charge in [0.15, 0.2) is 5.09 Å². The van der Waals surface area contributed by atoms with Crippen LogP contribution in [-0.2, 0) is 4.79 Å². The molecule has 0 spiro atoms. The van der Waals surface area contributed by atoms with E-state index in [1.54, 1.807) is 18.2 Å². The highest BCUT2D eigenvalue weighted by Gasteiger charge is 2.16. The zero-order chi connectivity index (χ0) is 20.8. The normalized spacial score (nSPS) is 12.3. The SMILES string of the molecule is C[C@H](NC(=O)/C(C#N)=C\c1cc(Br)c(Sc2ccc(Cl)cc2)o1)c1ccccc1. The van der Waals surface area contributed by atoms with Crippen LogP contribution in [0.15, 0.2) is 85.1 Å². The minimum atomic E-state index is -0.455. The monoisotopic (exact) mass is 486 g/mol. The number of rotatable bonds is 6. The molecule has 1 atom stereocenters. The number of hydrogen-bond donors (Lipinski definition) is 1. The standard InChI is InChI=1S/C22H16BrClN2O2S/c1-14(15-5-3-2-4-6-15)26-21(27)16(13-25)11-18-12-20(23)22(28-18)29-19-9-7-17(24)8-10-19/h2-12,14H,1H3,(H,26,27)/b16-11-/t14-/m0/s1. The second-order valence-electron chi connectivity index (χ2n) is 6.12. The lowest BCUT2D eigenvalue weighted by Gasteiger charge is -2.13. The number of benzene rings is 2. The van der Waals surface area contributed by atoms with Crippen molar-refractivity contribution in [2.75, 3.05) is 0 Å². The van der Waals surface area contributed by atoms with Crippen molar-refractivity contribution in [2.45, 2.75) is 23.0 Å². The van der Waals surface area contributed by atoms with E-state index in [9.17, 15) is 10.1 Å². The first-order chi connectivity index (χ1) is 14.0. The van der Waals surface area contributed by atoms with Gasteiger partial charge in [0.2, 0.25) is 0 Å². The molecule has 0 unspecified atom stereocenters. The molecule has 3 rings (SSSR count). The lowest BCUT2D eigenvalue weighted by Crippen LogP contribution is -2.27. The third-order valence-corrected chi connectivity index (χ3v) is 6.10. The molecule has 2 aromatic carbocycles. The fourth-order valence-corrected chi connectivity index (χ4v) is 3.97. The number of carbonyl (C=O) groups excluding carboxylic acids is 1. The highest BCUT2D eigenvalue weighted by molar-refractivity contribution is 9.10. The highest BCUT2D eigenvalue weighted by Crippen LogP contribution is 2.36. The molecule has 1 amide bonds. The zero-order valence-corrected chi connectivity index (χ0v) is 18.5. The average molecular weight is 488 g/mol. The molecule has 0 bridgehead atoms. The first kappa shape index (κ1) is 21.3. The topological polar surface area (TPSA) is 66.0 Å².